The molecule has 0 bridgehead atoms. The van der Waals surface area contributed by atoms with Gasteiger partial charge in [0, 0.05) is 26.2 Å². The Morgan fingerprint density at radius 3 is 2.24 bits per heavy atom. The molecule has 1 atom stereocenters. The Morgan fingerprint density at radius 2 is 1.51 bits per heavy atom. The first kappa shape index (κ1) is 27.8. The first-order valence-electron chi connectivity index (χ1n) is 13.1. The van der Waals surface area contributed by atoms with Crippen LogP contribution in [0.15, 0.2) is 102 Å². The maximum atomic E-state index is 13.7. The number of carbonyl (C=O) groups is 2. The van der Waals surface area contributed by atoms with Crippen LogP contribution in [-0.2, 0) is 21.2 Å². The standard InChI is InChI=1S/C31H28N4O5S/c32-22-24-8-6-7-23(19-24)20-29(33-41(38,39)28-14-13-25-9-4-5-10-26(25)21-28)30(36)34-15-17-35(18-16-34)31(37)40-27-11-2-1-3-12-27/h1-14,19,21,29,33H,15-18,20H2. The van der Waals surface area contributed by atoms with Crippen molar-refractivity contribution in [2.45, 2.75) is 17.4 Å². The van der Waals surface area contributed by atoms with Crippen molar-refractivity contribution in [2.75, 3.05) is 26.2 Å². The number of nitrogens with one attached hydrogen (secondary N) is 1. The van der Waals surface area contributed by atoms with Gasteiger partial charge in [0.05, 0.1) is 16.5 Å². The SMILES string of the molecule is N#Cc1cccc(CC(NS(=O)(=O)c2ccc3ccccc3c2)C(=O)N2CCN(C(=O)Oc3ccccc3)CC2)c1. The Labute approximate surface area is 238 Å². The second-order valence-corrected chi connectivity index (χ2v) is 11.4. The molecule has 1 saturated heterocycles. The molecule has 4 aromatic carbocycles. The van der Waals surface area contributed by atoms with E-state index in [-0.39, 0.29) is 37.5 Å². The number of nitriles is 1. The van der Waals surface area contributed by atoms with Crippen molar-refractivity contribution in [3.63, 3.8) is 0 Å². The van der Waals surface area contributed by atoms with E-state index < -0.39 is 28.1 Å². The van der Waals surface area contributed by atoms with Crippen molar-refractivity contribution in [3.8, 4) is 11.8 Å². The average molecular weight is 569 g/mol. The number of rotatable bonds is 7. The van der Waals surface area contributed by atoms with Gasteiger partial charge >= 0.3 is 6.09 Å². The molecule has 0 aliphatic carbocycles. The third-order valence-electron chi connectivity index (χ3n) is 6.92. The van der Waals surface area contributed by atoms with E-state index in [1.54, 1.807) is 65.6 Å². The van der Waals surface area contributed by atoms with E-state index in [2.05, 4.69) is 10.8 Å². The van der Waals surface area contributed by atoms with Crippen molar-refractivity contribution in [1.82, 2.24) is 14.5 Å². The number of ether oxygens (including phenoxy) is 1. The molecule has 9 nitrogen and oxygen atoms in total. The Kier molecular flexibility index (Phi) is 8.29. The smallest absolute Gasteiger partial charge is 0.410 e. The van der Waals surface area contributed by atoms with E-state index in [0.29, 0.717) is 16.9 Å². The molecule has 0 aromatic heterocycles. The Bertz CT molecular complexity index is 1710. The van der Waals surface area contributed by atoms with E-state index in [1.165, 1.54) is 11.0 Å². The molecule has 0 saturated carbocycles. The Morgan fingerprint density at radius 1 is 0.829 bits per heavy atom. The molecule has 1 N–H and O–H groups in total. The van der Waals surface area contributed by atoms with E-state index in [4.69, 9.17) is 4.74 Å². The molecule has 10 heteroatoms. The lowest BCUT2D eigenvalue weighted by atomic mass is 10.0. The lowest BCUT2D eigenvalue weighted by Crippen LogP contribution is -2.56. The number of hydrogen-bond acceptors (Lipinski definition) is 6. The number of nitrogens with zero attached hydrogens (tertiary/aromatic N) is 3. The molecule has 0 spiro atoms. The lowest BCUT2D eigenvalue weighted by Gasteiger charge is -2.36. The summed E-state index contributed by atoms with van der Waals surface area (Å²) in [5.74, 6) is 0.0200. The van der Waals surface area contributed by atoms with E-state index >= 15 is 0 Å². The van der Waals surface area contributed by atoms with Gasteiger partial charge in [0.2, 0.25) is 15.9 Å². The van der Waals surface area contributed by atoms with E-state index in [0.717, 1.165) is 10.8 Å². The minimum absolute atomic E-state index is 0.0493. The van der Waals surface area contributed by atoms with Crippen LogP contribution in [0.5, 0.6) is 5.75 Å². The fraction of sp³-hybridized carbons (Fsp3) is 0.194. The maximum Gasteiger partial charge on any atom is 0.415 e. The van der Waals surface area contributed by atoms with Crippen LogP contribution >= 0.6 is 0 Å². The highest BCUT2D eigenvalue weighted by atomic mass is 32.2. The number of para-hydroxylation sites is 1. The zero-order valence-corrected chi connectivity index (χ0v) is 23.0. The first-order chi connectivity index (χ1) is 19.8. The van der Waals surface area contributed by atoms with Crippen LogP contribution in [0, 0.1) is 11.3 Å². The number of carbonyl (C=O) groups excluding carboxylic acids is 2. The third-order valence-corrected chi connectivity index (χ3v) is 8.39. The van der Waals surface area contributed by atoms with Crippen LogP contribution in [0.25, 0.3) is 10.8 Å². The second-order valence-electron chi connectivity index (χ2n) is 9.69. The molecule has 1 fully saturated rings. The van der Waals surface area contributed by atoms with Crippen molar-refractivity contribution in [1.29, 1.82) is 5.26 Å². The highest BCUT2D eigenvalue weighted by Crippen LogP contribution is 2.20. The van der Waals surface area contributed by atoms with Crippen molar-refractivity contribution >= 4 is 32.8 Å². The molecule has 1 aliphatic heterocycles. The predicted octanol–water partition coefficient (Wildman–Crippen LogP) is 3.94. The maximum absolute atomic E-state index is 13.7. The summed E-state index contributed by atoms with van der Waals surface area (Å²) in [5.41, 5.74) is 1.06. The van der Waals surface area contributed by atoms with Crippen LogP contribution in [0.3, 0.4) is 0 Å². The van der Waals surface area contributed by atoms with Crippen LogP contribution in [0.2, 0.25) is 0 Å². The van der Waals surface area contributed by atoms with E-state index in [1.807, 2.05) is 30.3 Å². The highest BCUT2D eigenvalue weighted by Gasteiger charge is 2.33. The number of sulfonamides is 1. The number of hydrogen-bond donors (Lipinski definition) is 1. The van der Waals surface area contributed by atoms with E-state index in [9.17, 15) is 23.3 Å². The quantitative estimate of drug-likeness (QED) is 0.361. The molecule has 208 valence electrons. The van der Waals surface area contributed by atoms with Crippen LogP contribution < -0.4 is 9.46 Å². The Balaban J connectivity index is 1.33. The van der Waals surface area contributed by atoms with Gasteiger partial charge in [-0.2, -0.15) is 9.98 Å². The molecular weight excluding hydrogens is 540 g/mol. The fourth-order valence-corrected chi connectivity index (χ4v) is 5.98. The molecule has 0 radical (unpaired) electrons. The van der Waals surface area contributed by atoms with Gasteiger partial charge in [-0.1, -0.05) is 60.7 Å². The summed E-state index contributed by atoms with van der Waals surface area (Å²) in [5, 5.41) is 11.0. The summed E-state index contributed by atoms with van der Waals surface area (Å²) in [4.78, 5) is 29.5. The molecule has 2 amide bonds. The van der Waals surface area contributed by atoms with Gasteiger partial charge in [0.1, 0.15) is 11.8 Å². The average Bonchev–Trinajstić information content (AvgIpc) is 3.00. The van der Waals surface area contributed by atoms with Crippen LogP contribution in [0.4, 0.5) is 4.79 Å². The predicted molar refractivity (Wildman–Crippen MR) is 154 cm³/mol. The lowest BCUT2D eigenvalue weighted by molar-refractivity contribution is -0.134. The number of fused-ring (bicyclic) bond motifs is 1. The van der Waals surface area contributed by atoms with Gasteiger partial charge in [-0.25, -0.2) is 13.2 Å². The summed E-state index contributed by atoms with van der Waals surface area (Å²) in [6.45, 7) is 0.918. The summed E-state index contributed by atoms with van der Waals surface area (Å²) in [6, 6.07) is 28.7. The third kappa shape index (κ3) is 6.72. The zero-order valence-electron chi connectivity index (χ0n) is 22.1. The van der Waals surface area contributed by atoms with Gasteiger partial charge in [-0.05, 0) is 59.2 Å². The van der Waals surface area contributed by atoms with Gasteiger partial charge in [0.15, 0.2) is 0 Å². The first-order valence-corrected chi connectivity index (χ1v) is 14.6. The van der Waals surface area contributed by atoms with Crippen molar-refractivity contribution in [3.05, 3.63) is 108 Å². The number of amides is 2. The number of benzene rings is 4. The Hall–Kier alpha value is -4.72. The van der Waals surface area contributed by atoms with Crippen LogP contribution in [-0.4, -0.2) is 62.4 Å². The molecule has 41 heavy (non-hydrogen) atoms. The normalized spacial score (nSPS) is 14.3. The molecule has 4 aromatic rings. The molecule has 1 heterocycles. The number of piperazine rings is 1. The van der Waals surface area contributed by atoms with Gasteiger partial charge in [-0.15, -0.1) is 0 Å². The molecule has 1 unspecified atom stereocenters. The monoisotopic (exact) mass is 568 g/mol. The molecule has 1 aliphatic rings. The summed E-state index contributed by atoms with van der Waals surface area (Å²) >= 11 is 0. The van der Waals surface area contributed by atoms with Crippen LogP contribution in [0.1, 0.15) is 11.1 Å². The highest BCUT2D eigenvalue weighted by molar-refractivity contribution is 7.89. The van der Waals surface area contributed by atoms with Crippen molar-refractivity contribution in [2.24, 2.45) is 0 Å². The molecular formula is C31H28N4O5S. The minimum Gasteiger partial charge on any atom is -0.410 e. The topological polar surface area (TPSA) is 120 Å². The minimum atomic E-state index is -4.08. The zero-order chi connectivity index (χ0) is 28.8. The summed E-state index contributed by atoms with van der Waals surface area (Å²) in [7, 11) is -4.08. The second kappa shape index (κ2) is 12.2. The van der Waals surface area contributed by atoms with Gasteiger partial charge < -0.3 is 14.5 Å². The largest absolute Gasteiger partial charge is 0.415 e. The molecule has 5 rings (SSSR count). The van der Waals surface area contributed by atoms with Gasteiger partial charge in [-0.3, -0.25) is 4.79 Å². The summed E-state index contributed by atoms with van der Waals surface area (Å²) in [6.07, 6.45) is -0.456. The summed E-state index contributed by atoms with van der Waals surface area (Å²) < 4.78 is 35.0. The van der Waals surface area contributed by atoms with Gasteiger partial charge in [0.25, 0.3) is 0 Å². The van der Waals surface area contributed by atoms with Crippen molar-refractivity contribution < 1.29 is 22.7 Å². The fourth-order valence-electron chi connectivity index (χ4n) is 4.76.